The molecule has 1 heterocycles. The minimum Gasteiger partial charge on any atom is -0.303 e. The van der Waals surface area contributed by atoms with E-state index >= 15 is 0 Å². The Balaban J connectivity index is 2.19. The number of hydrogen-bond donors (Lipinski definition) is 0. The van der Waals surface area contributed by atoms with E-state index in [1.54, 1.807) is 0 Å². The Labute approximate surface area is 94.0 Å². The van der Waals surface area contributed by atoms with Gasteiger partial charge in [-0.25, -0.2) is 0 Å². The van der Waals surface area contributed by atoms with Crippen molar-refractivity contribution in [2.75, 3.05) is 13.1 Å². The second-order valence-corrected chi connectivity index (χ2v) is 4.85. The number of aldehydes is 1. The van der Waals surface area contributed by atoms with Crippen LogP contribution in [0.2, 0.25) is 0 Å². The summed E-state index contributed by atoms with van der Waals surface area (Å²) < 4.78 is 0. The molecule has 2 atom stereocenters. The Kier molecular flexibility index (Phi) is 5.92. The number of carbonyl (C=O) groups excluding carboxylic acids is 1. The first-order valence-electron chi connectivity index (χ1n) is 6.47. The maximum absolute atomic E-state index is 10.8. The molecule has 88 valence electrons. The monoisotopic (exact) mass is 211 g/mol. The van der Waals surface area contributed by atoms with Gasteiger partial charge in [-0.15, -0.1) is 0 Å². The Bertz CT molecular complexity index is 175. The fraction of sp³-hybridized carbons (Fsp3) is 0.923. The molecule has 0 N–H and O–H groups in total. The molecule has 0 radical (unpaired) electrons. The average Bonchev–Trinajstić information content (AvgIpc) is 2.77. The lowest BCUT2D eigenvalue weighted by atomic mass is 9.97. The molecule has 15 heavy (non-hydrogen) atoms. The smallest absolute Gasteiger partial charge is 0.123 e. The molecule has 0 aromatic heterocycles. The molecule has 0 amide bonds. The molecule has 0 bridgehead atoms. The predicted molar refractivity (Wildman–Crippen MR) is 64.0 cm³/mol. The molecule has 2 nitrogen and oxygen atoms in total. The van der Waals surface area contributed by atoms with Gasteiger partial charge in [-0.05, 0) is 52.1 Å². The van der Waals surface area contributed by atoms with Gasteiger partial charge in [0.05, 0.1) is 0 Å². The lowest BCUT2D eigenvalue weighted by Gasteiger charge is -2.24. The standard InChI is InChI=1S/C13H25NO/c1-3-6-13(11-15)8-7-12(2)14-9-4-5-10-14/h11-13H,3-10H2,1-2H3/t12?,13-/m1/s1. The molecule has 0 spiro atoms. The van der Waals surface area contributed by atoms with Crippen LogP contribution >= 0.6 is 0 Å². The zero-order valence-electron chi connectivity index (χ0n) is 10.2. The lowest BCUT2D eigenvalue weighted by molar-refractivity contribution is -0.111. The van der Waals surface area contributed by atoms with Crippen LogP contribution in [0, 0.1) is 5.92 Å². The third kappa shape index (κ3) is 4.33. The molecule has 0 aliphatic carbocycles. The van der Waals surface area contributed by atoms with Crippen molar-refractivity contribution in [3.63, 3.8) is 0 Å². The third-order valence-corrected chi connectivity index (χ3v) is 3.57. The van der Waals surface area contributed by atoms with Crippen LogP contribution in [0.5, 0.6) is 0 Å². The Morgan fingerprint density at radius 1 is 1.20 bits per heavy atom. The largest absolute Gasteiger partial charge is 0.303 e. The van der Waals surface area contributed by atoms with Gasteiger partial charge in [0.2, 0.25) is 0 Å². The molecule has 1 saturated heterocycles. The van der Waals surface area contributed by atoms with Gasteiger partial charge in [0.15, 0.2) is 0 Å². The first-order chi connectivity index (χ1) is 7.27. The van der Waals surface area contributed by atoms with Crippen LogP contribution in [-0.2, 0) is 4.79 Å². The molecular weight excluding hydrogens is 186 g/mol. The van der Waals surface area contributed by atoms with Crippen molar-refractivity contribution >= 4 is 6.29 Å². The Morgan fingerprint density at radius 3 is 2.40 bits per heavy atom. The van der Waals surface area contributed by atoms with Crippen molar-refractivity contribution < 1.29 is 4.79 Å². The molecule has 0 aromatic carbocycles. The topological polar surface area (TPSA) is 20.3 Å². The van der Waals surface area contributed by atoms with Gasteiger partial charge in [-0.2, -0.15) is 0 Å². The Morgan fingerprint density at radius 2 is 1.87 bits per heavy atom. The second kappa shape index (κ2) is 7.00. The molecule has 2 heteroatoms. The zero-order chi connectivity index (χ0) is 11.1. The van der Waals surface area contributed by atoms with Gasteiger partial charge in [0.1, 0.15) is 6.29 Å². The van der Waals surface area contributed by atoms with Gasteiger partial charge < -0.3 is 9.69 Å². The van der Waals surface area contributed by atoms with E-state index in [0.717, 1.165) is 25.5 Å². The highest BCUT2D eigenvalue weighted by Crippen LogP contribution is 2.18. The number of nitrogens with zero attached hydrogens (tertiary/aromatic N) is 1. The van der Waals surface area contributed by atoms with Crippen molar-refractivity contribution in [1.29, 1.82) is 0 Å². The predicted octanol–water partition coefficient (Wildman–Crippen LogP) is 2.87. The van der Waals surface area contributed by atoms with Crippen LogP contribution in [0.25, 0.3) is 0 Å². The van der Waals surface area contributed by atoms with Crippen molar-refractivity contribution in [3.05, 3.63) is 0 Å². The van der Waals surface area contributed by atoms with Gasteiger partial charge in [0.25, 0.3) is 0 Å². The SMILES string of the molecule is CCC[C@@H](C=O)CCC(C)N1CCCC1. The van der Waals surface area contributed by atoms with Crippen LogP contribution in [0.3, 0.4) is 0 Å². The second-order valence-electron chi connectivity index (χ2n) is 4.85. The van der Waals surface area contributed by atoms with Crippen molar-refractivity contribution in [2.24, 2.45) is 5.92 Å². The number of rotatable bonds is 7. The van der Waals surface area contributed by atoms with E-state index in [-0.39, 0.29) is 0 Å². The number of carbonyl (C=O) groups is 1. The fourth-order valence-electron chi connectivity index (χ4n) is 2.47. The van der Waals surface area contributed by atoms with Crippen molar-refractivity contribution in [2.45, 2.75) is 58.4 Å². The Hall–Kier alpha value is -0.370. The average molecular weight is 211 g/mol. The molecular formula is C13H25NO. The summed E-state index contributed by atoms with van der Waals surface area (Å²) >= 11 is 0. The lowest BCUT2D eigenvalue weighted by Crippen LogP contribution is -2.30. The quantitative estimate of drug-likeness (QED) is 0.604. The highest BCUT2D eigenvalue weighted by Gasteiger charge is 2.18. The number of hydrogen-bond acceptors (Lipinski definition) is 2. The van der Waals surface area contributed by atoms with E-state index in [9.17, 15) is 4.79 Å². The highest BCUT2D eigenvalue weighted by molar-refractivity contribution is 5.53. The summed E-state index contributed by atoms with van der Waals surface area (Å²) in [4.78, 5) is 13.4. The summed E-state index contributed by atoms with van der Waals surface area (Å²) in [6.07, 6.45) is 8.32. The van der Waals surface area contributed by atoms with E-state index < -0.39 is 0 Å². The molecule has 1 unspecified atom stereocenters. The summed E-state index contributed by atoms with van der Waals surface area (Å²) in [7, 11) is 0. The molecule has 1 fully saturated rings. The van der Waals surface area contributed by atoms with E-state index in [1.807, 2.05) is 0 Å². The van der Waals surface area contributed by atoms with E-state index in [2.05, 4.69) is 18.7 Å². The van der Waals surface area contributed by atoms with Crippen molar-refractivity contribution in [3.8, 4) is 0 Å². The van der Waals surface area contributed by atoms with Gasteiger partial charge >= 0.3 is 0 Å². The summed E-state index contributed by atoms with van der Waals surface area (Å²) in [5.41, 5.74) is 0. The maximum Gasteiger partial charge on any atom is 0.123 e. The first kappa shape index (κ1) is 12.7. The highest BCUT2D eigenvalue weighted by atomic mass is 16.1. The van der Waals surface area contributed by atoms with E-state index in [4.69, 9.17) is 0 Å². The van der Waals surface area contributed by atoms with Gasteiger partial charge in [0, 0.05) is 12.0 Å². The number of likely N-dealkylation sites (tertiary alicyclic amines) is 1. The normalized spacial score (nSPS) is 21.5. The van der Waals surface area contributed by atoms with Crippen molar-refractivity contribution in [1.82, 2.24) is 4.90 Å². The van der Waals surface area contributed by atoms with Gasteiger partial charge in [-0.1, -0.05) is 13.3 Å². The van der Waals surface area contributed by atoms with Crippen LogP contribution in [-0.4, -0.2) is 30.3 Å². The molecule has 1 rings (SSSR count). The fourth-order valence-corrected chi connectivity index (χ4v) is 2.47. The molecule has 0 aromatic rings. The summed E-state index contributed by atoms with van der Waals surface area (Å²) in [5, 5.41) is 0. The summed E-state index contributed by atoms with van der Waals surface area (Å²) in [6, 6.07) is 0.673. The molecule has 1 aliphatic heterocycles. The van der Waals surface area contributed by atoms with Crippen LogP contribution < -0.4 is 0 Å². The van der Waals surface area contributed by atoms with Crippen LogP contribution in [0.4, 0.5) is 0 Å². The maximum atomic E-state index is 10.8. The third-order valence-electron chi connectivity index (χ3n) is 3.57. The molecule has 1 aliphatic rings. The van der Waals surface area contributed by atoms with Gasteiger partial charge in [-0.3, -0.25) is 0 Å². The first-order valence-corrected chi connectivity index (χ1v) is 6.47. The minimum atomic E-state index is 0.306. The van der Waals surface area contributed by atoms with Crippen LogP contribution in [0.15, 0.2) is 0 Å². The molecule has 0 saturated carbocycles. The van der Waals surface area contributed by atoms with E-state index in [1.165, 1.54) is 32.4 Å². The van der Waals surface area contributed by atoms with E-state index in [0.29, 0.717) is 12.0 Å². The summed E-state index contributed by atoms with van der Waals surface area (Å²) in [5.74, 6) is 0.306. The zero-order valence-corrected chi connectivity index (χ0v) is 10.2. The van der Waals surface area contributed by atoms with Crippen LogP contribution in [0.1, 0.15) is 52.4 Å². The minimum absolute atomic E-state index is 0.306. The summed E-state index contributed by atoms with van der Waals surface area (Å²) in [6.45, 7) is 6.99.